The summed E-state index contributed by atoms with van der Waals surface area (Å²) in [4.78, 5) is 18.1. The van der Waals surface area contributed by atoms with Crippen molar-refractivity contribution in [1.82, 2.24) is 15.2 Å². The Morgan fingerprint density at radius 3 is 2.84 bits per heavy atom. The third-order valence-corrected chi connectivity index (χ3v) is 4.41. The van der Waals surface area contributed by atoms with E-state index in [0.717, 1.165) is 19.5 Å². The number of nitrogens with one attached hydrogen (secondary N) is 2. The first kappa shape index (κ1) is 17.4. The molecule has 3 N–H and O–H groups in total. The van der Waals surface area contributed by atoms with Crippen LogP contribution in [0.1, 0.15) is 21.6 Å². The monoisotopic (exact) mass is 340 g/mol. The number of aliphatic hydroxyl groups excluding tert-OH is 1. The molecule has 3 rings (SSSR count). The van der Waals surface area contributed by atoms with Crippen LogP contribution in [0.25, 0.3) is 0 Å². The van der Waals surface area contributed by atoms with E-state index in [0.29, 0.717) is 24.6 Å². The molecule has 1 unspecified atom stereocenters. The second-order valence-electron chi connectivity index (χ2n) is 6.28. The van der Waals surface area contributed by atoms with Gasteiger partial charge in [0.25, 0.3) is 5.91 Å². The lowest BCUT2D eigenvalue weighted by Gasteiger charge is -2.30. The molecule has 0 spiro atoms. The molecule has 0 bridgehead atoms. The number of carbonyl (C=O) groups is 1. The predicted molar refractivity (Wildman–Crippen MR) is 97.5 cm³/mol. The number of fused-ring (bicyclic) bond motifs is 1. The van der Waals surface area contributed by atoms with E-state index in [1.54, 1.807) is 25.2 Å². The summed E-state index contributed by atoms with van der Waals surface area (Å²) in [5, 5.41) is 16.0. The highest BCUT2D eigenvalue weighted by molar-refractivity contribution is 5.92. The average molecular weight is 340 g/mol. The number of anilines is 1. The van der Waals surface area contributed by atoms with Crippen molar-refractivity contribution in [3.63, 3.8) is 0 Å². The third-order valence-electron chi connectivity index (χ3n) is 4.41. The molecule has 132 valence electrons. The van der Waals surface area contributed by atoms with Crippen molar-refractivity contribution in [2.75, 3.05) is 32.0 Å². The lowest BCUT2D eigenvalue weighted by atomic mass is 10.00. The van der Waals surface area contributed by atoms with E-state index in [1.807, 2.05) is 0 Å². The number of pyridine rings is 1. The van der Waals surface area contributed by atoms with Gasteiger partial charge in [-0.15, -0.1) is 0 Å². The van der Waals surface area contributed by atoms with Crippen molar-refractivity contribution in [3.05, 3.63) is 59.3 Å². The van der Waals surface area contributed by atoms with Gasteiger partial charge >= 0.3 is 0 Å². The Bertz CT molecular complexity index is 735. The highest BCUT2D eigenvalue weighted by atomic mass is 16.3. The number of carbonyl (C=O) groups excluding carboxylic acids is 1. The summed E-state index contributed by atoms with van der Waals surface area (Å²) in [6, 6.07) is 13.7. The number of rotatable bonds is 6. The van der Waals surface area contributed by atoms with Crippen LogP contribution in [0.5, 0.6) is 0 Å². The van der Waals surface area contributed by atoms with Gasteiger partial charge in [-0.05, 0) is 29.7 Å². The zero-order valence-electron chi connectivity index (χ0n) is 14.4. The Hall–Kier alpha value is -2.44. The van der Waals surface area contributed by atoms with E-state index in [4.69, 9.17) is 0 Å². The van der Waals surface area contributed by atoms with Crippen LogP contribution in [-0.2, 0) is 13.0 Å². The lowest BCUT2D eigenvalue weighted by Crippen LogP contribution is -2.39. The molecule has 2 aromatic rings. The van der Waals surface area contributed by atoms with E-state index in [-0.39, 0.29) is 5.91 Å². The fourth-order valence-corrected chi connectivity index (χ4v) is 3.08. The van der Waals surface area contributed by atoms with Gasteiger partial charge in [0, 0.05) is 33.2 Å². The average Bonchev–Trinajstić information content (AvgIpc) is 2.66. The maximum atomic E-state index is 11.6. The van der Waals surface area contributed by atoms with Crippen molar-refractivity contribution in [1.29, 1.82) is 0 Å². The first-order chi connectivity index (χ1) is 12.2. The van der Waals surface area contributed by atoms with E-state index in [2.05, 4.69) is 44.8 Å². The summed E-state index contributed by atoms with van der Waals surface area (Å²) in [5.41, 5.74) is 3.10. The summed E-state index contributed by atoms with van der Waals surface area (Å²) < 4.78 is 0. The van der Waals surface area contributed by atoms with Gasteiger partial charge in [-0.3, -0.25) is 9.69 Å². The van der Waals surface area contributed by atoms with E-state index >= 15 is 0 Å². The van der Waals surface area contributed by atoms with Gasteiger partial charge < -0.3 is 15.7 Å². The molecule has 1 aliphatic heterocycles. The van der Waals surface area contributed by atoms with Crippen molar-refractivity contribution < 1.29 is 9.90 Å². The maximum Gasteiger partial charge on any atom is 0.269 e. The quantitative estimate of drug-likeness (QED) is 0.738. The summed E-state index contributed by atoms with van der Waals surface area (Å²) in [6.07, 6.45) is 0.516. The molecule has 6 heteroatoms. The summed E-state index contributed by atoms with van der Waals surface area (Å²) in [6.45, 7) is 2.83. The van der Waals surface area contributed by atoms with Crippen molar-refractivity contribution in [2.45, 2.75) is 19.1 Å². The molecule has 6 nitrogen and oxygen atoms in total. The molecule has 0 saturated carbocycles. The Morgan fingerprint density at radius 1 is 1.24 bits per heavy atom. The van der Waals surface area contributed by atoms with Gasteiger partial charge in [0.15, 0.2) is 0 Å². The Balaban J connectivity index is 1.50. The number of benzene rings is 1. The van der Waals surface area contributed by atoms with Gasteiger partial charge in [-0.1, -0.05) is 30.3 Å². The highest BCUT2D eigenvalue weighted by Crippen LogP contribution is 2.18. The van der Waals surface area contributed by atoms with Crippen LogP contribution in [0.4, 0.5) is 5.82 Å². The molecular weight excluding hydrogens is 316 g/mol. The number of β-amino-alcohol motifs (C(OH)–C–C–N with tert-alkyl or cyclic N) is 1. The predicted octanol–water partition coefficient (Wildman–Crippen LogP) is 1.27. The summed E-state index contributed by atoms with van der Waals surface area (Å²) >= 11 is 0. The normalized spacial score (nSPS) is 15.3. The van der Waals surface area contributed by atoms with Gasteiger partial charge in [0.05, 0.1) is 6.10 Å². The van der Waals surface area contributed by atoms with Gasteiger partial charge in [-0.25, -0.2) is 4.98 Å². The number of hydrogen-bond donors (Lipinski definition) is 3. The number of aliphatic hydroxyl groups is 1. The maximum absolute atomic E-state index is 11.6. The van der Waals surface area contributed by atoms with Crippen LogP contribution < -0.4 is 10.6 Å². The second kappa shape index (κ2) is 8.09. The Morgan fingerprint density at radius 2 is 2.04 bits per heavy atom. The first-order valence-corrected chi connectivity index (χ1v) is 8.56. The number of nitrogens with zero attached hydrogens (tertiary/aromatic N) is 2. The van der Waals surface area contributed by atoms with Crippen LogP contribution in [0.2, 0.25) is 0 Å². The molecule has 0 aliphatic carbocycles. The molecule has 1 aliphatic rings. The molecule has 0 radical (unpaired) electrons. The number of amides is 1. The van der Waals surface area contributed by atoms with Gasteiger partial charge in [0.2, 0.25) is 0 Å². The third kappa shape index (κ3) is 4.55. The Labute approximate surface area is 147 Å². The van der Waals surface area contributed by atoms with Gasteiger partial charge in [-0.2, -0.15) is 0 Å². The van der Waals surface area contributed by atoms with Crippen LogP contribution in [-0.4, -0.2) is 53.7 Å². The summed E-state index contributed by atoms with van der Waals surface area (Å²) in [7, 11) is 1.57. The Kier molecular flexibility index (Phi) is 5.63. The largest absolute Gasteiger partial charge is 0.390 e. The molecule has 1 atom stereocenters. The van der Waals surface area contributed by atoms with Crippen molar-refractivity contribution >= 4 is 11.7 Å². The van der Waals surface area contributed by atoms with E-state index < -0.39 is 6.10 Å². The van der Waals surface area contributed by atoms with Crippen LogP contribution in [0, 0.1) is 0 Å². The van der Waals surface area contributed by atoms with Crippen LogP contribution in [0.3, 0.4) is 0 Å². The molecule has 0 fully saturated rings. The lowest BCUT2D eigenvalue weighted by molar-refractivity contribution is 0.0958. The van der Waals surface area contributed by atoms with E-state index in [1.165, 1.54) is 11.1 Å². The van der Waals surface area contributed by atoms with Crippen LogP contribution in [0.15, 0.2) is 42.5 Å². The molecule has 0 saturated heterocycles. The van der Waals surface area contributed by atoms with Crippen LogP contribution >= 0.6 is 0 Å². The zero-order chi connectivity index (χ0) is 17.6. The SMILES string of the molecule is CNC(=O)c1cccc(NCC(O)CN2CCc3ccccc3C2)n1. The topological polar surface area (TPSA) is 77.5 Å². The molecule has 1 aromatic heterocycles. The smallest absolute Gasteiger partial charge is 0.269 e. The summed E-state index contributed by atoms with van der Waals surface area (Å²) in [5.74, 6) is 0.361. The molecule has 25 heavy (non-hydrogen) atoms. The minimum absolute atomic E-state index is 0.226. The first-order valence-electron chi connectivity index (χ1n) is 8.56. The van der Waals surface area contributed by atoms with Crippen molar-refractivity contribution in [2.24, 2.45) is 0 Å². The van der Waals surface area contributed by atoms with Gasteiger partial charge in [0.1, 0.15) is 11.5 Å². The zero-order valence-corrected chi connectivity index (χ0v) is 14.4. The molecule has 1 amide bonds. The fraction of sp³-hybridized carbons (Fsp3) is 0.368. The van der Waals surface area contributed by atoms with Crippen molar-refractivity contribution in [3.8, 4) is 0 Å². The minimum Gasteiger partial charge on any atom is -0.390 e. The molecule has 2 heterocycles. The fourth-order valence-electron chi connectivity index (χ4n) is 3.08. The second-order valence-corrected chi connectivity index (χ2v) is 6.28. The number of hydrogen-bond acceptors (Lipinski definition) is 5. The molecular formula is C19H24N4O2. The minimum atomic E-state index is -0.504. The number of aromatic nitrogens is 1. The highest BCUT2D eigenvalue weighted by Gasteiger charge is 2.18. The van der Waals surface area contributed by atoms with E-state index in [9.17, 15) is 9.90 Å². The molecule has 1 aromatic carbocycles. The standard InChI is InChI=1S/C19H24N4O2/c1-20-19(25)17-7-4-8-18(22-17)21-11-16(24)13-23-10-9-14-5-2-3-6-15(14)12-23/h2-8,16,24H,9-13H2,1H3,(H,20,25)(H,21,22).